The number of hydrogen-bond donors (Lipinski definition) is 1. The molecule has 0 heterocycles. The molecule has 98 valence electrons. The van der Waals surface area contributed by atoms with Crippen molar-refractivity contribution in [1.29, 1.82) is 0 Å². The van der Waals surface area contributed by atoms with Crippen molar-refractivity contribution in [2.75, 3.05) is 13.1 Å². The number of carbonyl (C=O) groups excluding carboxylic acids is 1. The standard InChI is InChI=1S/C13H23NO3/c1-3-14(4-2)13(17)11-7-5-10(6-8-11)9-12(15)16/h10-11H,3-9H2,1-2H3,(H,15,16). The summed E-state index contributed by atoms with van der Waals surface area (Å²) in [6, 6.07) is 0. The van der Waals surface area contributed by atoms with E-state index < -0.39 is 5.97 Å². The molecule has 17 heavy (non-hydrogen) atoms. The fraction of sp³-hybridized carbons (Fsp3) is 0.846. The summed E-state index contributed by atoms with van der Waals surface area (Å²) in [5.41, 5.74) is 0. The van der Waals surface area contributed by atoms with Gasteiger partial charge in [-0.15, -0.1) is 0 Å². The predicted octanol–water partition coefficient (Wildman–Crippen LogP) is 2.14. The van der Waals surface area contributed by atoms with E-state index in [2.05, 4.69) is 0 Å². The van der Waals surface area contributed by atoms with E-state index in [0.29, 0.717) is 0 Å². The third-order valence-corrected chi connectivity index (χ3v) is 3.73. The van der Waals surface area contributed by atoms with E-state index in [-0.39, 0.29) is 24.2 Å². The molecule has 0 unspecified atom stereocenters. The van der Waals surface area contributed by atoms with Crippen molar-refractivity contribution in [3.63, 3.8) is 0 Å². The highest BCUT2D eigenvalue weighted by Crippen LogP contribution is 2.31. The predicted molar refractivity (Wildman–Crippen MR) is 65.6 cm³/mol. The van der Waals surface area contributed by atoms with Gasteiger partial charge in [-0.05, 0) is 45.4 Å². The maximum atomic E-state index is 12.1. The van der Waals surface area contributed by atoms with Crippen LogP contribution in [0, 0.1) is 11.8 Å². The van der Waals surface area contributed by atoms with Crippen molar-refractivity contribution in [1.82, 2.24) is 4.90 Å². The lowest BCUT2D eigenvalue weighted by molar-refractivity contribution is -0.138. The first-order chi connectivity index (χ1) is 8.08. The summed E-state index contributed by atoms with van der Waals surface area (Å²) in [6.45, 7) is 5.53. The van der Waals surface area contributed by atoms with Crippen LogP contribution in [0.1, 0.15) is 46.0 Å². The van der Waals surface area contributed by atoms with Crippen molar-refractivity contribution < 1.29 is 14.7 Å². The molecule has 0 atom stereocenters. The molecule has 1 aliphatic rings. The highest BCUT2D eigenvalue weighted by molar-refractivity contribution is 5.78. The third kappa shape index (κ3) is 4.02. The normalized spacial score (nSPS) is 24.4. The fourth-order valence-electron chi connectivity index (χ4n) is 2.65. The molecule has 0 radical (unpaired) electrons. The molecule has 0 aliphatic heterocycles. The number of carboxylic acid groups (broad SMARTS) is 1. The molecular weight excluding hydrogens is 218 g/mol. The summed E-state index contributed by atoms with van der Waals surface area (Å²) in [6.07, 6.45) is 3.72. The van der Waals surface area contributed by atoms with Crippen molar-refractivity contribution in [2.45, 2.75) is 46.0 Å². The number of aliphatic carboxylic acids is 1. The third-order valence-electron chi connectivity index (χ3n) is 3.73. The molecule has 1 N–H and O–H groups in total. The summed E-state index contributed by atoms with van der Waals surface area (Å²) in [5, 5.41) is 8.73. The molecule has 0 saturated heterocycles. The van der Waals surface area contributed by atoms with Crippen molar-refractivity contribution in [3.8, 4) is 0 Å². The summed E-state index contributed by atoms with van der Waals surface area (Å²) >= 11 is 0. The van der Waals surface area contributed by atoms with Crippen molar-refractivity contribution in [3.05, 3.63) is 0 Å². The van der Waals surface area contributed by atoms with Gasteiger partial charge in [-0.2, -0.15) is 0 Å². The first-order valence-corrected chi connectivity index (χ1v) is 6.59. The van der Waals surface area contributed by atoms with Gasteiger partial charge in [-0.3, -0.25) is 9.59 Å². The maximum absolute atomic E-state index is 12.1. The largest absolute Gasteiger partial charge is 0.481 e. The van der Waals surface area contributed by atoms with Gasteiger partial charge >= 0.3 is 5.97 Å². The van der Waals surface area contributed by atoms with Crippen molar-refractivity contribution >= 4 is 11.9 Å². The van der Waals surface area contributed by atoms with Crippen molar-refractivity contribution in [2.24, 2.45) is 11.8 Å². The molecule has 0 bridgehead atoms. The molecule has 1 saturated carbocycles. The Morgan fingerprint density at radius 3 is 2.06 bits per heavy atom. The van der Waals surface area contributed by atoms with Crippen LogP contribution in [0.25, 0.3) is 0 Å². The minimum Gasteiger partial charge on any atom is -0.481 e. The number of carbonyl (C=O) groups is 2. The summed E-state index contributed by atoms with van der Waals surface area (Å²) < 4.78 is 0. The first kappa shape index (κ1) is 14.0. The molecule has 1 amide bonds. The summed E-state index contributed by atoms with van der Waals surface area (Å²) in [5.74, 6) is -0.0690. The average molecular weight is 241 g/mol. The lowest BCUT2D eigenvalue weighted by atomic mass is 9.80. The lowest BCUT2D eigenvalue weighted by Crippen LogP contribution is -2.37. The lowest BCUT2D eigenvalue weighted by Gasteiger charge is -2.30. The Kier molecular flexibility index (Phi) is 5.45. The van der Waals surface area contributed by atoms with E-state index >= 15 is 0 Å². The molecule has 0 aromatic rings. The highest BCUT2D eigenvalue weighted by Gasteiger charge is 2.29. The molecule has 1 fully saturated rings. The van der Waals surface area contributed by atoms with Crippen LogP contribution in [0.5, 0.6) is 0 Å². The van der Waals surface area contributed by atoms with E-state index in [9.17, 15) is 9.59 Å². The van der Waals surface area contributed by atoms with Gasteiger partial charge in [-0.25, -0.2) is 0 Å². The van der Waals surface area contributed by atoms with E-state index in [1.807, 2.05) is 18.7 Å². The minimum atomic E-state index is -0.719. The van der Waals surface area contributed by atoms with Gasteiger partial charge in [0, 0.05) is 25.4 Å². The smallest absolute Gasteiger partial charge is 0.303 e. The van der Waals surface area contributed by atoms with E-state index in [0.717, 1.165) is 38.8 Å². The van der Waals surface area contributed by atoms with Gasteiger partial charge in [-0.1, -0.05) is 0 Å². The Bertz CT molecular complexity index is 266. The topological polar surface area (TPSA) is 57.6 Å². The van der Waals surface area contributed by atoms with E-state index in [1.54, 1.807) is 0 Å². The zero-order chi connectivity index (χ0) is 12.8. The number of hydrogen-bond acceptors (Lipinski definition) is 2. The van der Waals surface area contributed by atoms with Crippen LogP contribution in [0.4, 0.5) is 0 Å². The maximum Gasteiger partial charge on any atom is 0.303 e. The zero-order valence-electron chi connectivity index (χ0n) is 10.8. The van der Waals surface area contributed by atoms with Crippen LogP contribution < -0.4 is 0 Å². The number of nitrogens with zero attached hydrogens (tertiary/aromatic N) is 1. The van der Waals surface area contributed by atoms with Gasteiger partial charge in [0.25, 0.3) is 0 Å². The molecule has 4 nitrogen and oxygen atoms in total. The Hall–Kier alpha value is -1.06. The number of carboxylic acids is 1. The second kappa shape index (κ2) is 6.62. The second-order valence-electron chi connectivity index (χ2n) is 4.83. The second-order valence-corrected chi connectivity index (χ2v) is 4.83. The minimum absolute atomic E-state index is 0.125. The molecule has 1 aliphatic carbocycles. The molecular formula is C13H23NO3. The summed E-state index contributed by atoms with van der Waals surface area (Å²) in [4.78, 5) is 24.6. The number of rotatable bonds is 5. The monoisotopic (exact) mass is 241 g/mol. The SMILES string of the molecule is CCN(CC)C(=O)C1CCC(CC(=O)O)CC1. The molecule has 1 rings (SSSR count). The highest BCUT2D eigenvalue weighted by atomic mass is 16.4. The Morgan fingerprint density at radius 2 is 1.65 bits per heavy atom. The average Bonchev–Trinajstić information content (AvgIpc) is 2.30. The zero-order valence-corrected chi connectivity index (χ0v) is 10.8. The molecule has 4 heteroatoms. The van der Waals surface area contributed by atoms with Crippen LogP contribution in [-0.2, 0) is 9.59 Å². The first-order valence-electron chi connectivity index (χ1n) is 6.59. The van der Waals surface area contributed by atoms with Crippen LogP contribution >= 0.6 is 0 Å². The van der Waals surface area contributed by atoms with Gasteiger partial charge in [0.1, 0.15) is 0 Å². The quantitative estimate of drug-likeness (QED) is 0.802. The van der Waals surface area contributed by atoms with Crippen LogP contribution in [0.15, 0.2) is 0 Å². The number of amides is 1. The summed E-state index contributed by atoms with van der Waals surface area (Å²) in [7, 11) is 0. The Morgan fingerprint density at radius 1 is 1.12 bits per heavy atom. The Labute approximate surface area is 103 Å². The van der Waals surface area contributed by atoms with Gasteiger partial charge in [0.05, 0.1) is 0 Å². The van der Waals surface area contributed by atoms with Gasteiger partial charge in [0.2, 0.25) is 5.91 Å². The molecule has 0 spiro atoms. The van der Waals surface area contributed by atoms with Crippen LogP contribution in [0.3, 0.4) is 0 Å². The van der Waals surface area contributed by atoms with Gasteiger partial charge in [0.15, 0.2) is 0 Å². The van der Waals surface area contributed by atoms with Crippen LogP contribution in [-0.4, -0.2) is 35.0 Å². The fourth-order valence-corrected chi connectivity index (χ4v) is 2.65. The van der Waals surface area contributed by atoms with E-state index in [1.165, 1.54) is 0 Å². The van der Waals surface area contributed by atoms with E-state index in [4.69, 9.17) is 5.11 Å². The molecule has 0 aromatic heterocycles. The Balaban J connectivity index is 2.40. The van der Waals surface area contributed by atoms with Gasteiger partial charge < -0.3 is 10.0 Å². The molecule has 0 aromatic carbocycles. The van der Waals surface area contributed by atoms with Crippen LogP contribution in [0.2, 0.25) is 0 Å².